The van der Waals surface area contributed by atoms with Gasteiger partial charge in [-0.3, -0.25) is 4.79 Å². The predicted molar refractivity (Wildman–Crippen MR) is 79.0 cm³/mol. The zero-order valence-electron chi connectivity index (χ0n) is 12.4. The van der Waals surface area contributed by atoms with Gasteiger partial charge in [-0.1, -0.05) is 25.0 Å². The number of ether oxygens (including phenoxy) is 2. The highest BCUT2D eigenvalue weighted by Gasteiger charge is 2.45. The van der Waals surface area contributed by atoms with Crippen LogP contribution in [0.25, 0.3) is 0 Å². The summed E-state index contributed by atoms with van der Waals surface area (Å²) in [5.41, 5.74) is 1.25. The lowest BCUT2D eigenvalue weighted by atomic mass is 9.77. The molecule has 0 aromatic heterocycles. The summed E-state index contributed by atoms with van der Waals surface area (Å²) in [5, 5.41) is 9.81. The second kappa shape index (κ2) is 5.68. The van der Waals surface area contributed by atoms with Gasteiger partial charge in [0.2, 0.25) is 0 Å². The molecule has 1 aliphatic carbocycles. The van der Waals surface area contributed by atoms with E-state index in [1.807, 2.05) is 12.1 Å². The summed E-state index contributed by atoms with van der Waals surface area (Å²) in [6.45, 7) is 1.52. The SMILES string of the molecule is COc1ccc(C2CCOC2)cc1C1(C(=O)O)CCCC1. The average Bonchev–Trinajstić information content (AvgIpc) is 3.18. The van der Waals surface area contributed by atoms with Crippen LogP contribution in [-0.2, 0) is 14.9 Å². The smallest absolute Gasteiger partial charge is 0.314 e. The number of aliphatic carboxylic acids is 1. The van der Waals surface area contributed by atoms with E-state index in [4.69, 9.17) is 9.47 Å². The summed E-state index contributed by atoms with van der Waals surface area (Å²) >= 11 is 0. The van der Waals surface area contributed by atoms with Crippen molar-refractivity contribution in [1.29, 1.82) is 0 Å². The molecule has 2 fully saturated rings. The minimum atomic E-state index is -0.777. The third kappa shape index (κ3) is 2.42. The van der Waals surface area contributed by atoms with E-state index in [1.54, 1.807) is 7.11 Å². The third-order valence-electron chi connectivity index (χ3n) is 5.01. The molecule has 1 aromatic rings. The van der Waals surface area contributed by atoms with Crippen LogP contribution < -0.4 is 4.74 Å². The molecule has 0 bridgehead atoms. The molecule has 4 nitrogen and oxygen atoms in total. The molecule has 1 saturated carbocycles. The van der Waals surface area contributed by atoms with Gasteiger partial charge in [0, 0.05) is 18.1 Å². The number of hydrogen-bond donors (Lipinski definition) is 1. The third-order valence-corrected chi connectivity index (χ3v) is 5.01. The van der Waals surface area contributed by atoms with Crippen LogP contribution in [0.15, 0.2) is 18.2 Å². The van der Waals surface area contributed by atoms with E-state index in [2.05, 4.69) is 6.07 Å². The standard InChI is InChI=1S/C17H22O4/c1-20-15-5-4-12(13-6-9-21-11-13)10-14(15)17(16(18)19)7-2-3-8-17/h4-5,10,13H,2-3,6-9,11H2,1H3,(H,18,19). The van der Waals surface area contributed by atoms with Gasteiger partial charge in [-0.05, 0) is 30.9 Å². The van der Waals surface area contributed by atoms with Crippen LogP contribution in [0.3, 0.4) is 0 Å². The first-order valence-electron chi connectivity index (χ1n) is 7.67. The molecule has 114 valence electrons. The molecule has 3 rings (SSSR count). The molecular formula is C17H22O4. The van der Waals surface area contributed by atoms with Gasteiger partial charge in [0.15, 0.2) is 0 Å². The number of benzene rings is 1. The average molecular weight is 290 g/mol. The Hall–Kier alpha value is -1.55. The van der Waals surface area contributed by atoms with Gasteiger partial charge in [-0.2, -0.15) is 0 Å². The van der Waals surface area contributed by atoms with Crippen molar-refractivity contribution in [2.75, 3.05) is 20.3 Å². The van der Waals surface area contributed by atoms with Gasteiger partial charge >= 0.3 is 5.97 Å². The molecule has 2 aliphatic rings. The van der Waals surface area contributed by atoms with Crippen molar-refractivity contribution >= 4 is 5.97 Å². The highest BCUT2D eigenvalue weighted by Crippen LogP contribution is 2.46. The van der Waals surface area contributed by atoms with Crippen molar-refractivity contribution in [3.05, 3.63) is 29.3 Å². The Morgan fingerprint density at radius 2 is 2.14 bits per heavy atom. The Balaban J connectivity index is 2.05. The van der Waals surface area contributed by atoms with Crippen LogP contribution in [0.4, 0.5) is 0 Å². The fourth-order valence-corrected chi connectivity index (χ4v) is 3.73. The quantitative estimate of drug-likeness (QED) is 0.925. The minimum Gasteiger partial charge on any atom is -0.496 e. The zero-order valence-corrected chi connectivity index (χ0v) is 12.4. The van der Waals surface area contributed by atoms with Crippen LogP contribution in [0.1, 0.15) is 49.1 Å². The maximum atomic E-state index is 11.9. The lowest BCUT2D eigenvalue weighted by molar-refractivity contribution is -0.143. The Morgan fingerprint density at radius 3 is 2.71 bits per heavy atom. The van der Waals surface area contributed by atoms with Crippen LogP contribution in [-0.4, -0.2) is 31.4 Å². The second-order valence-corrected chi connectivity index (χ2v) is 6.11. The molecule has 1 saturated heterocycles. The summed E-state index contributed by atoms with van der Waals surface area (Å²) in [5.74, 6) is 0.349. The van der Waals surface area contributed by atoms with Crippen LogP contribution in [0, 0.1) is 0 Å². The van der Waals surface area contributed by atoms with Gasteiger partial charge in [0.25, 0.3) is 0 Å². The molecule has 4 heteroatoms. The fourth-order valence-electron chi connectivity index (χ4n) is 3.73. The van der Waals surface area contributed by atoms with Gasteiger partial charge in [-0.25, -0.2) is 0 Å². The van der Waals surface area contributed by atoms with E-state index in [-0.39, 0.29) is 0 Å². The van der Waals surface area contributed by atoms with Gasteiger partial charge in [0.1, 0.15) is 5.75 Å². The van der Waals surface area contributed by atoms with Crippen LogP contribution in [0.5, 0.6) is 5.75 Å². The van der Waals surface area contributed by atoms with E-state index in [0.29, 0.717) is 24.5 Å². The maximum Gasteiger partial charge on any atom is 0.314 e. The summed E-state index contributed by atoms with van der Waals surface area (Å²) in [4.78, 5) is 11.9. The van der Waals surface area contributed by atoms with Gasteiger partial charge in [0.05, 0.1) is 19.1 Å². The molecule has 1 heterocycles. The topological polar surface area (TPSA) is 55.8 Å². The number of methoxy groups -OCH3 is 1. The highest BCUT2D eigenvalue weighted by atomic mass is 16.5. The molecule has 1 unspecified atom stereocenters. The maximum absolute atomic E-state index is 11.9. The molecule has 1 aromatic carbocycles. The normalized spacial score (nSPS) is 24.1. The largest absolute Gasteiger partial charge is 0.496 e. The molecule has 0 radical (unpaired) electrons. The number of carboxylic acid groups (broad SMARTS) is 1. The Kier molecular flexibility index (Phi) is 3.89. The summed E-state index contributed by atoms with van der Waals surface area (Å²) < 4.78 is 10.9. The van der Waals surface area contributed by atoms with E-state index in [9.17, 15) is 9.90 Å². The Bertz CT molecular complexity index is 526. The zero-order chi connectivity index (χ0) is 14.9. The molecule has 1 N–H and O–H groups in total. The van der Waals surface area contributed by atoms with Crippen LogP contribution >= 0.6 is 0 Å². The van der Waals surface area contributed by atoms with E-state index in [1.165, 1.54) is 5.56 Å². The summed E-state index contributed by atoms with van der Waals surface area (Å²) in [6, 6.07) is 6.02. The fraction of sp³-hybridized carbons (Fsp3) is 0.588. The Morgan fingerprint density at radius 1 is 1.38 bits per heavy atom. The molecule has 21 heavy (non-hydrogen) atoms. The Labute approximate surface area is 125 Å². The number of carbonyl (C=O) groups is 1. The highest BCUT2D eigenvalue weighted by molar-refractivity contribution is 5.83. The van der Waals surface area contributed by atoms with Crippen molar-refractivity contribution < 1.29 is 19.4 Å². The monoisotopic (exact) mass is 290 g/mol. The lowest BCUT2D eigenvalue weighted by Gasteiger charge is -2.27. The van der Waals surface area contributed by atoms with E-state index < -0.39 is 11.4 Å². The van der Waals surface area contributed by atoms with Gasteiger partial charge < -0.3 is 14.6 Å². The van der Waals surface area contributed by atoms with Gasteiger partial charge in [-0.15, -0.1) is 0 Å². The second-order valence-electron chi connectivity index (χ2n) is 6.11. The predicted octanol–water partition coefficient (Wildman–Crippen LogP) is 3.10. The van der Waals surface area contributed by atoms with Crippen LogP contribution in [0.2, 0.25) is 0 Å². The summed E-state index contributed by atoms with van der Waals surface area (Å²) in [6.07, 6.45) is 4.33. The van der Waals surface area contributed by atoms with E-state index >= 15 is 0 Å². The number of carboxylic acids is 1. The lowest BCUT2D eigenvalue weighted by Crippen LogP contribution is -2.33. The first-order chi connectivity index (χ1) is 10.2. The molecule has 0 amide bonds. The number of rotatable bonds is 4. The van der Waals surface area contributed by atoms with Crippen molar-refractivity contribution in [2.45, 2.75) is 43.4 Å². The first kappa shape index (κ1) is 14.4. The summed E-state index contributed by atoms with van der Waals surface area (Å²) in [7, 11) is 1.61. The van der Waals surface area contributed by atoms with Crippen molar-refractivity contribution in [2.24, 2.45) is 0 Å². The first-order valence-corrected chi connectivity index (χ1v) is 7.67. The minimum absolute atomic E-state index is 0.377. The van der Waals surface area contributed by atoms with Crippen molar-refractivity contribution in [3.8, 4) is 5.75 Å². The number of hydrogen-bond acceptors (Lipinski definition) is 3. The molecule has 1 atom stereocenters. The van der Waals surface area contributed by atoms with E-state index in [0.717, 1.165) is 38.0 Å². The van der Waals surface area contributed by atoms with Crippen molar-refractivity contribution in [1.82, 2.24) is 0 Å². The van der Waals surface area contributed by atoms with Crippen molar-refractivity contribution in [3.63, 3.8) is 0 Å². The molecule has 1 aliphatic heterocycles. The molecular weight excluding hydrogens is 268 g/mol. The molecule has 0 spiro atoms.